The van der Waals surface area contributed by atoms with Crippen molar-refractivity contribution in [2.24, 2.45) is 7.05 Å². The van der Waals surface area contributed by atoms with Gasteiger partial charge < -0.3 is 10.1 Å². The maximum absolute atomic E-state index is 11.7. The van der Waals surface area contributed by atoms with Crippen LogP contribution in [0.25, 0.3) is 0 Å². The Bertz CT molecular complexity index is 445. The second-order valence-corrected chi connectivity index (χ2v) is 4.78. The van der Waals surface area contributed by atoms with Crippen LogP contribution in [-0.4, -0.2) is 40.6 Å². The summed E-state index contributed by atoms with van der Waals surface area (Å²) in [6.45, 7) is 4.60. The average molecular weight is 285 g/mol. The predicted molar refractivity (Wildman–Crippen MR) is 74.0 cm³/mol. The molecule has 0 aliphatic rings. The van der Waals surface area contributed by atoms with Gasteiger partial charge in [-0.1, -0.05) is 0 Å². The first-order valence-electron chi connectivity index (χ1n) is 6.12. The van der Waals surface area contributed by atoms with Gasteiger partial charge in [-0.15, -0.1) is 11.8 Å². The molecule has 7 heteroatoms. The van der Waals surface area contributed by atoms with E-state index in [0.29, 0.717) is 30.2 Å². The van der Waals surface area contributed by atoms with E-state index in [1.54, 1.807) is 18.7 Å². The summed E-state index contributed by atoms with van der Waals surface area (Å²) in [6, 6.07) is 0. The predicted octanol–water partition coefficient (Wildman–Crippen LogP) is 0.966. The Hall–Kier alpha value is -1.50. The van der Waals surface area contributed by atoms with Gasteiger partial charge in [0.25, 0.3) is 0 Å². The number of aromatic nitrogens is 2. The van der Waals surface area contributed by atoms with Crippen molar-refractivity contribution < 1.29 is 14.3 Å². The van der Waals surface area contributed by atoms with Crippen molar-refractivity contribution in [1.82, 2.24) is 15.1 Å². The molecule has 1 heterocycles. The minimum atomic E-state index is -0.371. The van der Waals surface area contributed by atoms with Gasteiger partial charge in [0.2, 0.25) is 5.91 Å². The van der Waals surface area contributed by atoms with Crippen LogP contribution in [0, 0.1) is 0 Å². The lowest BCUT2D eigenvalue weighted by atomic mass is 10.3. The largest absolute Gasteiger partial charge is 0.462 e. The number of thioether (sulfide) groups is 1. The summed E-state index contributed by atoms with van der Waals surface area (Å²) in [5.74, 6) is 0.528. The highest BCUT2D eigenvalue weighted by atomic mass is 32.2. The normalized spacial score (nSPS) is 10.3. The van der Waals surface area contributed by atoms with Crippen LogP contribution < -0.4 is 5.32 Å². The van der Waals surface area contributed by atoms with Gasteiger partial charge in [-0.25, -0.2) is 4.79 Å². The Kier molecular flexibility index (Phi) is 6.41. The fraction of sp³-hybridized carbons (Fsp3) is 0.583. The second-order valence-electron chi connectivity index (χ2n) is 3.80. The quantitative estimate of drug-likeness (QED) is 0.756. The van der Waals surface area contributed by atoms with Crippen LogP contribution in [-0.2, 0) is 22.3 Å². The summed E-state index contributed by atoms with van der Waals surface area (Å²) < 4.78 is 6.60. The first kappa shape index (κ1) is 15.6. The first-order valence-corrected chi connectivity index (χ1v) is 7.28. The molecular weight excluding hydrogens is 266 g/mol. The summed E-state index contributed by atoms with van der Waals surface area (Å²) in [6.07, 6.45) is 1.50. The van der Waals surface area contributed by atoms with Gasteiger partial charge in [0.05, 0.1) is 24.3 Å². The molecule has 1 amide bonds. The van der Waals surface area contributed by atoms with Crippen molar-refractivity contribution in [3.8, 4) is 0 Å². The molecule has 0 saturated carbocycles. The van der Waals surface area contributed by atoms with E-state index < -0.39 is 0 Å². The number of carbonyl (C=O) groups excluding carboxylic acids is 2. The van der Waals surface area contributed by atoms with E-state index in [4.69, 9.17) is 4.74 Å². The van der Waals surface area contributed by atoms with Gasteiger partial charge in [0, 0.05) is 19.3 Å². The molecule has 6 nitrogen and oxygen atoms in total. The van der Waals surface area contributed by atoms with Crippen LogP contribution in [0.5, 0.6) is 0 Å². The van der Waals surface area contributed by atoms with Crippen LogP contribution in [0.2, 0.25) is 0 Å². The zero-order chi connectivity index (χ0) is 14.3. The van der Waals surface area contributed by atoms with Crippen molar-refractivity contribution in [1.29, 1.82) is 0 Å². The standard InChI is InChI=1S/C12H19N3O3S/c1-4-13-11(16)8-19-7-10-9(6-14-15(10)3)12(17)18-5-2/h6H,4-5,7-8H2,1-3H3,(H,13,16). The summed E-state index contributed by atoms with van der Waals surface area (Å²) in [5, 5.41) is 6.78. The van der Waals surface area contributed by atoms with Gasteiger partial charge in [0.15, 0.2) is 0 Å². The molecule has 1 N–H and O–H groups in total. The monoisotopic (exact) mass is 285 g/mol. The van der Waals surface area contributed by atoms with E-state index in [9.17, 15) is 9.59 Å². The Balaban J connectivity index is 2.60. The first-order chi connectivity index (χ1) is 9.10. The number of nitrogens with one attached hydrogen (secondary N) is 1. The fourth-order valence-corrected chi connectivity index (χ4v) is 2.43. The van der Waals surface area contributed by atoms with E-state index >= 15 is 0 Å². The van der Waals surface area contributed by atoms with Crippen LogP contribution in [0.4, 0.5) is 0 Å². The number of rotatable bonds is 7. The summed E-state index contributed by atoms with van der Waals surface area (Å²) in [4.78, 5) is 23.0. The smallest absolute Gasteiger partial charge is 0.341 e. The Morgan fingerprint density at radius 2 is 2.21 bits per heavy atom. The lowest BCUT2D eigenvalue weighted by Gasteiger charge is -2.06. The van der Waals surface area contributed by atoms with Crippen LogP contribution in [0.15, 0.2) is 6.20 Å². The van der Waals surface area contributed by atoms with Crippen molar-refractivity contribution >= 4 is 23.6 Å². The molecule has 0 radical (unpaired) electrons. The molecule has 0 aliphatic carbocycles. The summed E-state index contributed by atoms with van der Waals surface area (Å²) >= 11 is 1.44. The van der Waals surface area contributed by atoms with Crippen LogP contribution >= 0.6 is 11.8 Å². The Morgan fingerprint density at radius 1 is 1.47 bits per heavy atom. The van der Waals surface area contributed by atoms with Gasteiger partial charge in [-0.2, -0.15) is 5.10 Å². The van der Waals surface area contributed by atoms with E-state index in [-0.39, 0.29) is 11.9 Å². The fourth-order valence-electron chi connectivity index (χ4n) is 1.50. The number of hydrogen-bond donors (Lipinski definition) is 1. The molecule has 0 spiro atoms. The van der Waals surface area contributed by atoms with E-state index in [1.165, 1.54) is 18.0 Å². The summed E-state index contributed by atoms with van der Waals surface area (Å²) in [5.41, 5.74) is 1.24. The highest BCUT2D eigenvalue weighted by molar-refractivity contribution is 7.99. The molecule has 0 aromatic carbocycles. The number of hydrogen-bond acceptors (Lipinski definition) is 5. The topological polar surface area (TPSA) is 73.2 Å². The third kappa shape index (κ3) is 4.59. The van der Waals surface area contributed by atoms with Crippen LogP contribution in [0.3, 0.4) is 0 Å². The van der Waals surface area contributed by atoms with E-state index in [2.05, 4.69) is 10.4 Å². The molecule has 0 aliphatic heterocycles. The number of esters is 1. The Labute approximate surface area is 116 Å². The molecule has 0 fully saturated rings. The molecule has 0 unspecified atom stereocenters. The van der Waals surface area contributed by atoms with Crippen molar-refractivity contribution in [2.45, 2.75) is 19.6 Å². The van der Waals surface area contributed by atoms with Gasteiger partial charge >= 0.3 is 5.97 Å². The van der Waals surface area contributed by atoms with E-state index in [0.717, 1.165) is 5.69 Å². The average Bonchev–Trinajstić information content (AvgIpc) is 2.72. The number of carbonyl (C=O) groups is 2. The molecule has 0 saturated heterocycles. The SMILES string of the molecule is CCNC(=O)CSCc1c(C(=O)OCC)cnn1C. The number of ether oxygens (including phenoxy) is 1. The number of amides is 1. The van der Waals surface area contributed by atoms with Gasteiger partial charge in [-0.3, -0.25) is 9.48 Å². The van der Waals surface area contributed by atoms with Gasteiger partial charge in [-0.05, 0) is 13.8 Å². The third-order valence-corrected chi connectivity index (χ3v) is 3.35. The minimum absolute atomic E-state index is 0.00708. The lowest BCUT2D eigenvalue weighted by Crippen LogP contribution is -2.24. The molecular formula is C12H19N3O3S. The number of nitrogens with zero attached hydrogens (tertiary/aromatic N) is 2. The third-order valence-electron chi connectivity index (χ3n) is 2.40. The second kappa shape index (κ2) is 7.83. The van der Waals surface area contributed by atoms with Crippen molar-refractivity contribution in [3.05, 3.63) is 17.5 Å². The summed E-state index contributed by atoms with van der Waals surface area (Å²) in [7, 11) is 1.77. The maximum Gasteiger partial charge on any atom is 0.341 e. The highest BCUT2D eigenvalue weighted by Gasteiger charge is 2.17. The lowest BCUT2D eigenvalue weighted by molar-refractivity contribution is -0.118. The highest BCUT2D eigenvalue weighted by Crippen LogP contribution is 2.16. The minimum Gasteiger partial charge on any atom is -0.462 e. The van der Waals surface area contributed by atoms with Crippen molar-refractivity contribution in [3.63, 3.8) is 0 Å². The molecule has 0 bridgehead atoms. The number of aryl methyl sites for hydroxylation is 1. The molecule has 1 aromatic heterocycles. The van der Waals surface area contributed by atoms with Gasteiger partial charge in [0.1, 0.15) is 5.56 Å². The maximum atomic E-state index is 11.7. The van der Waals surface area contributed by atoms with Crippen molar-refractivity contribution in [2.75, 3.05) is 18.9 Å². The molecule has 106 valence electrons. The zero-order valence-electron chi connectivity index (χ0n) is 11.4. The molecule has 1 rings (SSSR count). The van der Waals surface area contributed by atoms with E-state index in [1.807, 2.05) is 6.92 Å². The zero-order valence-corrected chi connectivity index (χ0v) is 12.2. The van der Waals surface area contributed by atoms with Crippen LogP contribution in [0.1, 0.15) is 29.9 Å². The Morgan fingerprint density at radius 3 is 2.84 bits per heavy atom. The molecule has 1 aromatic rings. The molecule has 19 heavy (non-hydrogen) atoms. The molecule has 0 atom stereocenters.